The average molecular weight is 282 g/mol. The molecule has 2 saturated heterocycles. The van der Waals surface area contributed by atoms with Crippen LogP contribution in [0.25, 0.3) is 0 Å². The molecule has 2 atom stereocenters. The summed E-state index contributed by atoms with van der Waals surface area (Å²) in [5, 5.41) is 9.57. The van der Waals surface area contributed by atoms with Crippen molar-refractivity contribution in [1.82, 2.24) is 9.80 Å². The van der Waals surface area contributed by atoms with Crippen molar-refractivity contribution in [2.45, 2.75) is 64.1 Å². The van der Waals surface area contributed by atoms with Crippen molar-refractivity contribution in [2.24, 2.45) is 0 Å². The van der Waals surface area contributed by atoms with Gasteiger partial charge in [-0.05, 0) is 33.1 Å². The molecule has 2 unspecified atom stereocenters. The van der Waals surface area contributed by atoms with Crippen LogP contribution < -0.4 is 0 Å². The number of hydrogen-bond acceptors (Lipinski definition) is 4. The van der Waals surface area contributed by atoms with Gasteiger partial charge in [-0.1, -0.05) is 6.92 Å². The quantitative estimate of drug-likeness (QED) is 0.773. The molecule has 2 amide bonds. The third kappa shape index (κ3) is 2.02. The topological polar surface area (TPSA) is 77.9 Å². The summed E-state index contributed by atoms with van der Waals surface area (Å²) in [5.41, 5.74) is -0.992. The molecule has 2 aliphatic heterocycles. The molecule has 2 fully saturated rings. The lowest BCUT2D eigenvalue weighted by Crippen LogP contribution is -2.56. The predicted octanol–water partition coefficient (Wildman–Crippen LogP) is 0.851. The van der Waals surface area contributed by atoms with E-state index in [9.17, 15) is 19.5 Å². The highest BCUT2D eigenvalue weighted by Gasteiger charge is 2.54. The Morgan fingerprint density at radius 3 is 2.55 bits per heavy atom. The van der Waals surface area contributed by atoms with Gasteiger partial charge in [0.2, 0.25) is 11.8 Å². The van der Waals surface area contributed by atoms with Crippen LogP contribution in [-0.2, 0) is 14.4 Å². The smallest absolute Gasteiger partial charge is 0.324 e. The van der Waals surface area contributed by atoms with Crippen molar-refractivity contribution in [3.05, 3.63) is 0 Å². The van der Waals surface area contributed by atoms with E-state index in [1.54, 1.807) is 18.7 Å². The van der Waals surface area contributed by atoms with E-state index in [1.807, 2.05) is 6.92 Å². The lowest BCUT2D eigenvalue weighted by atomic mass is 9.91. The molecule has 112 valence electrons. The zero-order valence-corrected chi connectivity index (χ0v) is 12.3. The number of likely N-dealkylation sites (tertiary alicyclic amines) is 2. The van der Waals surface area contributed by atoms with Crippen molar-refractivity contribution in [3.8, 4) is 0 Å². The van der Waals surface area contributed by atoms with Gasteiger partial charge in [0, 0.05) is 12.6 Å². The highest BCUT2D eigenvalue weighted by molar-refractivity contribution is 6.06. The normalized spacial score (nSPS) is 31.6. The molecule has 2 heterocycles. The van der Waals surface area contributed by atoms with Crippen molar-refractivity contribution < 1.29 is 19.5 Å². The Morgan fingerprint density at radius 1 is 1.45 bits per heavy atom. The summed E-state index contributed by atoms with van der Waals surface area (Å²) in [6.45, 7) is 5.99. The zero-order chi connectivity index (χ0) is 15.1. The second kappa shape index (κ2) is 5.16. The molecule has 0 aromatic rings. The van der Waals surface area contributed by atoms with Gasteiger partial charge in [-0.2, -0.15) is 0 Å². The van der Waals surface area contributed by atoms with E-state index in [4.69, 9.17) is 0 Å². The summed E-state index contributed by atoms with van der Waals surface area (Å²) in [6.07, 6.45) is 1.84. The first-order valence-electron chi connectivity index (χ1n) is 7.21. The Labute approximate surface area is 118 Å². The summed E-state index contributed by atoms with van der Waals surface area (Å²) < 4.78 is 0. The molecular weight excluding hydrogens is 260 g/mol. The lowest BCUT2D eigenvalue weighted by molar-refractivity contribution is -0.153. The van der Waals surface area contributed by atoms with Gasteiger partial charge in [0.1, 0.15) is 5.54 Å². The maximum atomic E-state index is 12.4. The molecule has 0 aromatic heterocycles. The Balaban J connectivity index is 2.30. The highest BCUT2D eigenvalue weighted by Crippen LogP contribution is 2.37. The Kier molecular flexibility index (Phi) is 3.86. The minimum absolute atomic E-state index is 0.103. The molecule has 2 aliphatic rings. The van der Waals surface area contributed by atoms with Gasteiger partial charge in [-0.3, -0.25) is 24.2 Å². The lowest BCUT2D eigenvalue weighted by Gasteiger charge is -2.37. The van der Waals surface area contributed by atoms with Crippen LogP contribution in [-0.4, -0.2) is 56.9 Å². The number of rotatable bonds is 4. The van der Waals surface area contributed by atoms with E-state index >= 15 is 0 Å². The van der Waals surface area contributed by atoms with Crippen molar-refractivity contribution in [2.75, 3.05) is 6.54 Å². The molecule has 0 bridgehead atoms. The van der Waals surface area contributed by atoms with Crippen LogP contribution in [0.15, 0.2) is 0 Å². The number of aliphatic carboxylic acids is 1. The van der Waals surface area contributed by atoms with E-state index in [0.717, 1.165) is 6.42 Å². The van der Waals surface area contributed by atoms with Crippen LogP contribution >= 0.6 is 0 Å². The number of carbonyl (C=O) groups excluding carboxylic acids is 2. The molecule has 0 spiro atoms. The summed E-state index contributed by atoms with van der Waals surface area (Å²) >= 11 is 0. The number of nitrogens with zero attached hydrogens (tertiary/aromatic N) is 2. The summed E-state index contributed by atoms with van der Waals surface area (Å²) in [7, 11) is 0. The second-order valence-electron chi connectivity index (χ2n) is 5.90. The van der Waals surface area contributed by atoms with Gasteiger partial charge in [0.15, 0.2) is 0 Å². The van der Waals surface area contributed by atoms with Crippen LogP contribution in [0, 0.1) is 0 Å². The third-order valence-corrected chi connectivity index (χ3v) is 4.57. The number of hydrogen-bond donors (Lipinski definition) is 1. The molecule has 20 heavy (non-hydrogen) atoms. The first kappa shape index (κ1) is 15.0. The number of imide groups is 1. The Bertz CT molecular complexity index is 448. The third-order valence-electron chi connectivity index (χ3n) is 4.57. The summed E-state index contributed by atoms with van der Waals surface area (Å²) in [6, 6.07) is -0.785. The average Bonchev–Trinajstić information content (AvgIpc) is 2.90. The van der Waals surface area contributed by atoms with E-state index in [1.165, 1.54) is 4.90 Å². The largest absolute Gasteiger partial charge is 0.480 e. The Morgan fingerprint density at radius 2 is 2.10 bits per heavy atom. The summed E-state index contributed by atoms with van der Waals surface area (Å²) in [5.74, 6) is -1.33. The van der Waals surface area contributed by atoms with Gasteiger partial charge < -0.3 is 5.11 Å². The van der Waals surface area contributed by atoms with E-state index in [2.05, 4.69) is 0 Å². The van der Waals surface area contributed by atoms with E-state index < -0.39 is 17.6 Å². The molecule has 0 radical (unpaired) electrons. The van der Waals surface area contributed by atoms with Crippen molar-refractivity contribution in [1.29, 1.82) is 0 Å². The number of carbonyl (C=O) groups is 3. The molecular formula is C14H22N2O4. The molecule has 0 aliphatic carbocycles. The molecule has 1 N–H and O–H groups in total. The number of carboxylic acid groups (broad SMARTS) is 1. The van der Waals surface area contributed by atoms with Crippen LogP contribution in [0.1, 0.15) is 46.5 Å². The zero-order valence-electron chi connectivity index (χ0n) is 12.3. The first-order chi connectivity index (χ1) is 9.35. The van der Waals surface area contributed by atoms with Crippen LogP contribution in [0.3, 0.4) is 0 Å². The predicted molar refractivity (Wildman–Crippen MR) is 72.0 cm³/mol. The van der Waals surface area contributed by atoms with Gasteiger partial charge in [-0.25, -0.2) is 0 Å². The van der Waals surface area contributed by atoms with Crippen molar-refractivity contribution >= 4 is 17.8 Å². The van der Waals surface area contributed by atoms with Gasteiger partial charge >= 0.3 is 5.97 Å². The molecule has 0 aromatic carbocycles. The Hall–Kier alpha value is -1.43. The molecule has 6 nitrogen and oxygen atoms in total. The van der Waals surface area contributed by atoms with E-state index in [-0.39, 0.29) is 24.3 Å². The fraction of sp³-hybridized carbons (Fsp3) is 0.786. The molecule has 2 rings (SSSR count). The maximum Gasteiger partial charge on any atom is 0.324 e. The van der Waals surface area contributed by atoms with Crippen LogP contribution in [0.5, 0.6) is 0 Å². The SMILES string of the molecule is CCC1(C(=O)O)CCCN1C1CC(=O)N(C(C)C)C1=O. The minimum Gasteiger partial charge on any atom is -0.480 e. The van der Waals surface area contributed by atoms with Crippen LogP contribution in [0.4, 0.5) is 0 Å². The maximum absolute atomic E-state index is 12.4. The fourth-order valence-electron chi connectivity index (χ4n) is 3.53. The van der Waals surface area contributed by atoms with Gasteiger partial charge in [0.25, 0.3) is 0 Å². The van der Waals surface area contributed by atoms with Crippen LogP contribution in [0.2, 0.25) is 0 Å². The van der Waals surface area contributed by atoms with E-state index in [0.29, 0.717) is 19.4 Å². The van der Waals surface area contributed by atoms with Crippen molar-refractivity contribution in [3.63, 3.8) is 0 Å². The number of amides is 2. The monoisotopic (exact) mass is 282 g/mol. The first-order valence-corrected chi connectivity index (χ1v) is 7.21. The summed E-state index contributed by atoms with van der Waals surface area (Å²) in [4.78, 5) is 39.1. The van der Waals surface area contributed by atoms with Gasteiger partial charge in [-0.15, -0.1) is 0 Å². The standard InChI is InChI=1S/C14H22N2O4/c1-4-14(13(19)20)6-5-7-15(14)10-8-11(17)16(9(2)3)12(10)18/h9-10H,4-8H2,1-3H3,(H,19,20). The van der Waals surface area contributed by atoms with Gasteiger partial charge in [0.05, 0.1) is 12.5 Å². The molecule has 6 heteroatoms. The highest BCUT2D eigenvalue weighted by atomic mass is 16.4. The number of carboxylic acids is 1. The minimum atomic E-state index is -0.992. The second-order valence-corrected chi connectivity index (χ2v) is 5.90. The molecule has 0 saturated carbocycles. The fourth-order valence-corrected chi connectivity index (χ4v) is 3.53.